The van der Waals surface area contributed by atoms with Crippen LogP contribution in [0.25, 0.3) is 0 Å². The Labute approximate surface area is 143 Å². The highest BCUT2D eigenvalue weighted by atomic mass is 16.5. The Morgan fingerprint density at radius 3 is 2.29 bits per heavy atom. The van der Waals surface area contributed by atoms with Gasteiger partial charge in [-0.1, -0.05) is 42.0 Å². The van der Waals surface area contributed by atoms with E-state index in [2.05, 4.69) is 22.3 Å². The van der Waals surface area contributed by atoms with Crippen molar-refractivity contribution in [1.29, 1.82) is 0 Å². The van der Waals surface area contributed by atoms with Gasteiger partial charge in [-0.2, -0.15) is 0 Å². The monoisotopic (exact) mass is 324 g/mol. The smallest absolute Gasteiger partial charge is 0.228 e. The zero-order valence-electron chi connectivity index (χ0n) is 14.1. The number of aryl methyl sites for hydroxylation is 1. The second-order valence-corrected chi connectivity index (χ2v) is 6.30. The van der Waals surface area contributed by atoms with Crippen LogP contribution in [0.2, 0.25) is 0 Å². The van der Waals surface area contributed by atoms with E-state index in [4.69, 9.17) is 4.74 Å². The van der Waals surface area contributed by atoms with Crippen LogP contribution >= 0.6 is 0 Å². The summed E-state index contributed by atoms with van der Waals surface area (Å²) in [5, 5.41) is 2.96. The van der Waals surface area contributed by atoms with Gasteiger partial charge in [0.05, 0.1) is 19.6 Å². The average molecular weight is 324 g/mol. The molecule has 0 saturated carbocycles. The molecule has 0 aliphatic carbocycles. The van der Waals surface area contributed by atoms with Crippen LogP contribution in [0.3, 0.4) is 0 Å². The first kappa shape index (κ1) is 16.7. The van der Waals surface area contributed by atoms with E-state index >= 15 is 0 Å². The van der Waals surface area contributed by atoms with Crippen molar-refractivity contribution in [3.8, 4) is 0 Å². The highest BCUT2D eigenvalue weighted by Gasteiger charge is 2.10. The fourth-order valence-electron chi connectivity index (χ4n) is 2.81. The van der Waals surface area contributed by atoms with Gasteiger partial charge in [0.1, 0.15) is 0 Å². The van der Waals surface area contributed by atoms with Crippen molar-refractivity contribution in [2.75, 3.05) is 31.6 Å². The maximum absolute atomic E-state index is 12.1. The number of rotatable bonds is 5. The number of benzene rings is 2. The molecule has 1 fully saturated rings. The minimum Gasteiger partial charge on any atom is -0.379 e. The van der Waals surface area contributed by atoms with Crippen LogP contribution in [0, 0.1) is 6.92 Å². The molecule has 2 aromatic rings. The summed E-state index contributed by atoms with van der Waals surface area (Å²) >= 11 is 0. The molecular weight excluding hydrogens is 300 g/mol. The maximum Gasteiger partial charge on any atom is 0.228 e. The molecule has 0 aromatic heterocycles. The van der Waals surface area contributed by atoms with Crippen molar-refractivity contribution in [2.24, 2.45) is 0 Å². The molecule has 126 valence electrons. The molecule has 2 aromatic carbocycles. The molecule has 3 rings (SSSR count). The van der Waals surface area contributed by atoms with Gasteiger partial charge in [0, 0.05) is 25.3 Å². The molecular formula is C20H24N2O2. The van der Waals surface area contributed by atoms with Crippen LogP contribution in [-0.4, -0.2) is 37.1 Å². The number of morpholine rings is 1. The van der Waals surface area contributed by atoms with Crippen LogP contribution < -0.4 is 5.32 Å². The molecule has 0 atom stereocenters. The van der Waals surface area contributed by atoms with Crippen LogP contribution in [0.5, 0.6) is 0 Å². The van der Waals surface area contributed by atoms with Gasteiger partial charge in [0.25, 0.3) is 0 Å². The minimum atomic E-state index is 0.0137. The predicted molar refractivity (Wildman–Crippen MR) is 96.1 cm³/mol. The minimum absolute atomic E-state index is 0.0137. The van der Waals surface area contributed by atoms with Crippen LogP contribution in [0.4, 0.5) is 5.69 Å². The Kier molecular flexibility index (Phi) is 5.62. The number of nitrogens with zero attached hydrogens (tertiary/aromatic N) is 1. The van der Waals surface area contributed by atoms with Gasteiger partial charge in [-0.15, -0.1) is 0 Å². The molecule has 4 heteroatoms. The normalized spacial score (nSPS) is 15.2. The average Bonchev–Trinajstić information content (AvgIpc) is 2.60. The third kappa shape index (κ3) is 4.91. The number of amides is 1. The van der Waals surface area contributed by atoms with Crippen LogP contribution in [0.1, 0.15) is 16.7 Å². The quantitative estimate of drug-likeness (QED) is 0.919. The molecule has 24 heavy (non-hydrogen) atoms. The second kappa shape index (κ2) is 8.08. The van der Waals surface area contributed by atoms with Crippen molar-refractivity contribution >= 4 is 11.6 Å². The fourth-order valence-corrected chi connectivity index (χ4v) is 2.81. The van der Waals surface area contributed by atoms with E-state index in [1.54, 1.807) is 0 Å². The Hall–Kier alpha value is -2.17. The molecule has 1 aliphatic rings. The zero-order chi connectivity index (χ0) is 16.8. The largest absolute Gasteiger partial charge is 0.379 e. The summed E-state index contributed by atoms with van der Waals surface area (Å²) in [5.41, 5.74) is 4.34. The van der Waals surface area contributed by atoms with E-state index in [0.717, 1.165) is 44.1 Å². The number of anilines is 1. The van der Waals surface area contributed by atoms with E-state index in [1.807, 2.05) is 43.3 Å². The number of nitrogens with one attached hydrogen (secondary N) is 1. The molecule has 0 unspecified atom stereocenters. The Morgan fingerprint density at radius 1 is 1.00 bits per heavy atom. The third-order valence-electron chi connectivity index (χ3n) is 4.23. The summed E-state index contributed by atoms with van der Waals surface area (Å²) in [6.45, 7) is 6.56. The maximum atomic E-state index is 12.1. The summed E-state index contributed by atoms with van der Waals surface area (Å²) in [6.07, 6.45) is 0.399. The van der Waals surface area contributed by atoms with Gasteiger partial charge < -0.3 is 10.1 Å². The lowest BCUT2D eigenvalue weighted by Crippen LogP contribution is -2.35. The van der Waals surface area contributed by atoms with E-state index in [-0.39, 0.29) is 5.91 Å². The molecule has 1 amide bonds. The summed E-state index contributed by atoms with van der Waals surface area (Å²) in [6, 6.07) is 16.2. The van der Waals surface area contributed by atoms with E-state index < -0.39 is 0 Å². The molecule has 4 nitrogen and oxygen atoms in total. The topological polar surface area (TPSA) is 41.6 Å². The van der Waals surface area contributed by atoms with Crippen molar-refractivity contribution < 1.29 is 9.53 Å². The SMILES string of the molecule is Cc1ccc(CC(=O)Nc2ccc(CN3CCOCC3)cc2)cc1. The van der Waals surface area contributed by atoms with E-state index in [0.29, 0.717) is 6.42 Å². The van der Waals surface area contributed by atoms with Gasteiger partial charge in [-0.25, -0.2) is 0 Å². The summed E-state index contributed by atoms with van der Waals surface area (Å²) in [7, 11) is 0. The van der Waals surface area contributed by atoms with Crippen molar-refractivity contribution in [3.63, 3.8) is 0 Å². The lowest BCUT2D eigenvalue weighted by molar-refractivity contribution is -0.115. The molecule has 1 N–H and O–H groups in total. The number of hydrogen-bond acceptors (Lipinski definition) is 3. The first-order chi connectivity index (χ1) is 11.7. The summed E-state index contributed by atoms with van der Waals surface area (Å²) < 4.78 is 5.37. The van der Waals surface area contributed by atoms with Gasteiger partial charge in [-0.05, 0) is 30.2 Å². The fraction of sp³-hybridized carbons (Fsp3) is 0.350. The van der Waals surface area contributed by atoms with Gasteiger partial charge in [0.15, 0.2) is 0 Å². The van der Waals surface area contributed by atoms with Gasteiger partial charge >= 0.3 is 0 Å². The number of ether oxygens (including phenoxy) is 1. The number of carbonyl (C=O) groups is 1. The lowest BCUT2D eigenvalue weighted by Gasteiger charge is -2.26. The summed E-state index contributed by atoms with van der Waals surface area (Å²) in [4.78, 5) is 14.5. The highest BCUT2D eigenvalue weighted by Crippen LogP contribution is 2.13. The Balaban J connectivity index is 1.51. The van der Waals surface area contributed by atoms with Crippen molar-refractivity contribution in [2.45, 2.75) is 19.9 Å². The second-order valence-electron chi connectivity index (χ2n) is 6.30. The Morgan fingerprint density at radius 2 is 1.62 bits per heavy atom. The highest BCUT2D eigenvalue weighted by molar-refractivity contribution is 5.92. The van der Waals surface area contributed by atoms with Crippen molar-refractivity contribution in [3.05, 3.63) is 65.2 Å². The standard InChI is InChI=1S/C20H24N2O2/c1-16-2-4-17(5-3-16)14-20(23)21-19-8-6-18(7-9-19)15-22-10-12-24-13-11-22/h2-9H,10-15H2,1H3,(H,21,23). The van der Waals surface area contributed by atoms with Crippen LogP contribution in [-0.2, 0) is 22.5 Å². The first-order valence-electron chi connectivity index (χ1n) is 8.43. The molecule has 0 bridgehead atoms. The number of hydrogen-bond donors (Lipinski definition) is 1. The van der Waals surface area contributed by atoms with Gasteiger partial charge in [-0.3, -0.25) is 9.69 Å². The lowest BCUT2D eigenvalue weighted by atomic mass is 10.1. The molecule has 0 radical (unpaired) electrons. The molecule has 0 spiro atoms. The van der Waals surface area contributed by atoms with Gasteiger partial charge in [0.2, 0.25) is 5.91 Å². The van der Waals surface area contributed by atoms with E-state index in [9.17, 15) is 4.79 Å². The third-order valence-corrected chi connectivity index (χ3v) is 4.23. The molecule has 1 saturated heterocycles. The van der Waals surface area contributed by atoms with Crippen molar-refractivity contribution in [1.82, 2.24) is 4.90 Å². The Bertz CT molecular complexity index is 659. The predicted octanol–water partition coefficient (Wildman–Crippen LogP) is 3.01. The zero-order valence-corrected chi connectivity index (χ0v) is 14.1. The summed E-state index contributed by atoms with van der Waals surface area (Å²) in [5.74, 6) is 0.0137. The number of carbonyl (C=O) groups excluding carboxylic acids is 1. The molecule has 1 heterocycles. The van der Waals surface area contributed by atoms with Crippen LogP contribution in [0.15, 0.2) is 48.5 Å². The molecule has 1 aliphatic heterocycles. The first-order valence-corrected chi connectivity index (χ1v) is 8.43. The van der Waals surface area contributed by atoms with E-state index in [1.165, 1.54) is 11.1 Å².